The Morgan fingerprint density at radius 3 is 2.94 bits per heavy atom. The maximum Gasteiger partial charge on any atom is 0.228 e. The first-order valence-corrected chi connectivity index (χ1v) is 5.58. The molecule has 2 heterocycles. The van der Waals surface area contributed by atoms with Crippen LogP contribution in [0.25, 0.3) is 0 Å². The summed E-state index contributed by atoms with van der Waals surface area (Å²) in [5.74, 6) is 0.177. The second-order valence-corrected chi connectivity index (χ2v) is 4.38. The summed E-state index contributed by atoms with van der Waals surface area (Å²) in [6.07, 6.45) is 3.10. The molecule has 86 valence electrons. The third-order valence-electron chi connectivity index (χ3n) is 3.17. The van der Waals surface area contributed by atoms with E-state index in [2.05, 4.69) is 24.0 Å². The number of hydrogen-bond donors (Lipinski definition) is 1. The molecule has 0 bridgehead atoms. The highest BCUT2D eigenvalue weighted by molar-refractivity contribution is 5.78. The first kappa shape index (κ1) is 10.9. The van der Waals surface area contributed by atoms with Gasteiger partial charge in [-0.15, -0.1) is 0 Å². The van der Waals surface area contributed by atoms with E-state index in [4.69, 9.17) is 0 Å². The van der Waals surface area contributed by atoms with Gasteiger partial charge < -0.3 is 4.90 Å². The summed E-state index contributed by atoms with van der Waals surface area (Å²) in [6.45, 7) is 5.87. The van der Waals surface area contributed by atoms with Gasteiger partial charge in [-0.3, -0.25) is 9.89 Å². The first-order valence-electron chi connectivity index (χ1n) is 5.58. The predicted octanol–water partition coefficient (Wildman–Crippen LogP) is 1.52. The number of H-pyrrole nitrogens is 1. The molecule has 0 saturated carbocycles. The van der Waals surface area contributed by atoms with Crippen molar-refractivity contribution in [3.8, 4) is 0 Å². The van der Waals surface area contributed by atoms with Gasteiger partial charge in [-0.2, -0.15) is 5.10 Å². The maximum atomic E-state index is 12.0. The van der Waals surface area contributed by atoms with Crippen LogP contribution in [-0.2, 0) is 11.2 Å². The van der Waals surface area contributed by atoms with E-state index in [1.54, 1.807) is 6.20 Å². The van der Waals surface area contributed by atoms with Gasteiger partial charge in [-0.1, -0.05) is 11.1 Å². The van der Waals surface area contributed by atoms with Crippen molar-refractivity contribution in [3.05, 3.63) is 29.1 Å². The van der Waals surface area contributed by atoms with Crippen molar-refractivity contribution in [2.45, 2.75) is 26.7 Å². The van der Waals surface area contributed by atoms with E-state index in [1.165, 1.54) is 11.1 Å². The lowest BCUT2D eigenvalue weighted by molar-refractivity contribution is -0.130. The monoisotopic (exact) mass is 219 g/mol. The van der Waals surface area contributed by atoms with Gasteiger partial charge in [0, 0.05) is 25.0 Å². The molecule has 0 aliphatic carbocycles. The van der Waals surface area contributed by atoms with Gasteiger partial charge in [0.2, 0.25) is 5.91 Å². The number of amides is 1. The molecular formula is C12H17N3O. The molecule has 1 aliphatic rings. The molecule has 0 spiro atoms. The van der Waals surface area contributed by atoms with Gasteiger partial charge in [0.25, 0.3) is 0 Å². The van der Waals surface area contributed by atoms with E-state index < -0.39 is 0 Å². The molecule has 1 aliphatic heterocycles. The Bertz CT molecular complexity index is 406. The number of aromatic nitrogens is 2. The van der Waals surface area contributed by atoms with Crippen LogP contribution in [0.15, 0.2) is 23.4 Å². The highest BCUT2D eigenvalue weighted by atomic mass is 16.2. The van der Waals surface area contributed by atoms with Crippen LogP contribution in [-0.4, -0.2) is 34.1 Å². The smallest absolute Gasteiger partial charge is 0.228 e. The fourth-order valence-electron chi connectivity index (χ4n) is 1.89. The molecule has 1 N–H and O–H groups in total. The molecule has 1 amide bonds. The van der Waals surface area contributed by atoms with Crippen LogP contribution in [0.2, 0.25) is 0 Å². The van der Waals surface area contributed by atoms with Gasteiger partial charge in [0.1, 0.15) is 0 Å². The molecule has 0 fully saturated rings. The van der Waals surface area contributed by atoms with Crippen molar-refractivity contribution in [1.82, 2.24) is 15.1 Å². The third kappa shape index (κ3) is 2.32. The Labute approximate surface area is 95.3 Å². The van der Waals surface area contributed by atoms with Gasteiger partial charge in [0.15, 0.2) is 0 Å². The highest BCUT2D eigenvalue weighted by Gasteiger charge is 2.19. The standard InChI is InChI=1S/C12H17N3O/c1-9-4-6-15(8-10(9)2)12(16)7-11-3-5-13-14-11/h3,5H,4,6-8H2,1-2H3,(H,13,14). The summed E-state index contributed by atoms with van der Waals surface area (Å²) in [4.78, 5) is 13.9. The van der Waals surface area contributed by atoms with Crippen LogP contribution in [0.5, 0.6) is 0 Å². The Balaban J connectivity index is 1.97. The van der Waals surface area contributed by atoms with Crippen LogP contribution >= 0.6 is 0 Å². The number of nitrogens with zero attached hydrogens (tertiary/aromatic N) is 2. The number of aromatic amines is 1. The molecule has 1 aromatic heterocycles. The van der Waals surface area contributed by atoms with Gasteiger partial charge >= 0.3 is 0 Å². The zero-order chi connectivity index (χ0) is 11.5. The molecule has 16 heavy (non-hydrogen) atoms. The van der Waals surface area contributed by atoms with E-state index in [0.29, 0.717) is 6.42 Å². The molecule has 0 saturated heterocycles. The molecule has 4 heteroatoms. The highest BCUT2D eigenvalue weighted by Crippen LogP contribution is 2.17. The van der Waals surface area contributed by atoms with Gasteiger partial charge in [0.05, 0.1) is 6.42 Å². The van der Waals surface area contributed by atoms with E-state index in [-0.39, 0.29) is 5.91 Å². The van der Waals surface area contributed by atoms with Gasteiger partial charge in [-0.05, 0) is 26.3 Å². The summed E-state index contributed by atoms with van der Waals surface area (Å²) < 4.78 is 0. The van der Waals surface area contributed by atoms with Crippen LogP contribution in [0, 0.1) is 0 Å². The summed E-state index contributed by atoms with van der Waals surface area (Å²) in [5.41, 5.74) is 3.63. The molecule has 0 unspecified atom stereocenters. The molecule has 4 nitrogen and oxygen atoms in total. The fourth-order valence-corrected chi connectivity index (χ4v) is 1.89. The van der Waals surface area contributed by atoms with E-state index >= 15 is 0 Å². The topological polar surface area (TPSA) is 49.0 Å². The van der Waals surface area contributed by atoms with Crippen molar-refractivity contribution in [3.63, 3.8) is 0 Å². The van der Waals surface area contributed by atoms with Crippen molar-refractivity contribution in [2.24, 2.45) is 0 Å². The Morgan fingerprint density at radius 1 is 1.50 bits per heavy atom. The molecule has 2 rings (SSSR count). The Morgan fingerprint density at radius 2 is 2.31 bits per heavy atom. The normalized spacial score (nSPS) is 16.8. The zero-order valence-corrected chi connectivity index (χ0v) is 9.79. The third-order valence-corrected chi connectivity index (χ3v) is 3.17. The second-order valence-electron chi connectivity index (χ2n) is 4.38. The molecule has 0 aromatic carbocycles. The fraction of sp³-hybridized carbons (Fsp3) is 0.500. The van der Waals surface area contributed by atoms with Crippen LogP contribution in [0.3, 0.4) is 0 Å². The number of rotatable bonds is 2. The van der Waals surface area contributed by atoms with E-state index in [1.807, 2.05) is 11.0 Å². The lowest BCUT2D eigenvalue weighted by Gasteiger charge is -2.28. The first-order chi connectivity index (χ1) is 7.66. The average Bonchev–Trinajstić information content (AvgIpc) is 2.74. The summed E-state index contributed by atoms with van der Waals surface area (Å²) in [7, 11) is 0. The summed E-state index contributed by atoms with van der Waals surface area (Å²) >= 11 is 0. The second kappa shape index (κ2) is 4.51. The van der Waals surface area contributed by atoms with Gasteiger partial charge in [-0.25, -0.2) is 0 Å². The Hall–Kier alpha value is -1.58. The molecule has 1 aromatic rings. The SMILES string of the molecule is CC1=C(C)CN(C(=O)Cc2ccn[nH]2)CC1. The molecule has 0 atom stereocenters. The minimum atomic E-state index is 0.177. The minimum Gasteiger partial charge on any atom is -0.338 e. The Kier molecular flexibility index (Phi) is 3.08. The van der Waals surface area contributed by atoms with Crippen LogP contribution in [0.1, 0.15) is 26.0 Å². The minimum absolute atomic E-state index is 0.177. The number of hydrogen-bond acceptors (Lipinski definition) is 2. The molecule has 0 radical (unpaired) electrons. The number of carbonyl (C=O) groups is 1. The van der Waals surface area contributed by atoms with E-state index in [9.17, 15) is 4.79 Å². The quantitative estimate of drug-likeness (QED) is 0.767. The van der Waals surface area contributed by atoms with Crippen LogP contribution in [0.4, 0.5) is 0 Å². The zero-order valence-electron chi connectivity index (χ0n) is 9.79. The summed E-state index contributed by atoms with van der Waals surface area (Å²) in [6, 6.07) is 1.84. The predicted molar refractivity (Wildman–Crippen MR) is 61.9 cm³/mol. The number of nitrogens with one attached hydrogen (secondary N) is 1. The van der Waals surface area contributed by atoms with Crippen molar-refractivity contribution >= 4 is 5.91 Å². The maximum absolute atomic E-state index is 12.0. The van der Waals surface area contributed by atoms with Crippen molar-refractivity contribution < 1.29 is 4.79 Å². The van der Waals surface area contributed by atoms with Crippen molar-refractivity contribution in [2.75, 3.05) is 13.1 Å². The average molecular weight is 219 g/mol. The lowest BCUT2D eigenvalue weighted by atomic mass is 10.0. The van der Waals surface area contributed by atoms with Crippen molar-refractivity contribution in [1.29, 1.82) is 0 Å². The summed E-state index contributed by atoms with van der Waals surface area (Å²) in [5, 5.41) is 6.66. The number of carbonyl (C=O) groups excluding carboxylic acids is 1. The molecular weight excluding hydrogens is 202 g/mol. The lowest BCUT2D eigenvalue weighted by Crippen LogP contribution is -2.37. The van der Waals surface area contributed by atoms with Crippen LogP contribution < -0.4 is 0 Å². The largest absolute Gasteiger partial charge is 0.338 e. The van der Waals surface area contributed by atoms with E-state index in [0.717, 1.165) is 25.2 Å².